The van der Waals surface area contributed by atoms with E-state index in [0.717, 1.165) is 39.0 Å². The van der Waals surface area contributed by atoms with Gasteiger partial charge in [0.05, 0.1) is 0 Å². The lowest BCUT2D eigenvalue weighted by atomic mass is 10.1. The van der Waals surface area contributed by atoms with Crippen molar-refractivity contribution in [3.63, 3.8) is 0 Å². The van der Waals surface area contributed by atoms with Crippen molar-refractivity contribution in [3.8, 4) is 0 Å². The van der Waals surface area contributed by atoms with Crippen LogP contribution in [0.4, 0.5) is 0 Å². The molecule has 0 aliphatic rings. The maximum absolute atomic E-state index is 3.49. The van der Waals surface area contributed by atoms with Crippen LogP contribution in [0.15, 0.2) is 48.5 Å². The summed E-state index contributed by atoms with van der Waals surface area (Å²) < 4.78 is 0. The number of benzene rings is 2. The van der Waals surface area contributed by atoms with Crippen LogP contribution in [0.1, 0.15) is 22.3 Å². The number of aryl methyl sites for hydroxylation is 2. The SMILES string of the molecule is Cc1ccc(CCNCCNCCc2ccc(C)cc2)cc1. The quantitative estimate of drug-likeness (QED) is 0.694. The third-order valence-electron chi connectivity index (χ3n) is 3.90. The van der Waals surface area contributed by atoms with Crippen LogP contribution in [0.25, 0.3) is 0 Å². The van der Waals surface area contributed by atoms with Gasteiger partial charge in [-0.3, -0.25) is 0 Å². The van der Waals surface area contributed by atoms with Crippen molar-refractivity contribution >= 4 is 0 Å². The molecule has 2 N–H and O–H groups in total. The van der Waals surface area contributed by atoms with Crippen molar-refractivity contribution in [2.75, 3.05) is 26.2 Å². The molecule has 0 radical (unpaired) electrons. The van der Waals surface area contributed by atoms with E-state index in [1.807, 2.05) is 0 Å². The molecule has 0 bridgehead atoms. The molecule has 0 aliphatic heterocycles. The van der Waals surface area contributed by atoms with Crippen LogP contribution in [0, 0.1) is 13.8 Å². The summed E-state index contributed by atoms with van der Waals surface area (Å²) >= 11 is 0. The van der Waals surface area contributed by atoms with Crippen molar-refractivity contribution < 1.29 is 0 Å². The molecule has 22 heavy (non-hydrogen) atoms. The number of hydrogen-bond donors (Lipinski definition) is 2. The molecule has 118 valence electrons. The fraction of sp³-hybridized carbons (Fsp3) is 0.400. The minimum Gasteiger partial charge on any atom is -0.315 e. The maximum atomic E-state index is 3.49. The van der Waals surface area contributed by atoms with Crippen molar-refractivity contribution in [2.24, 2.45) is 0 Å². The molecule has 0 aliphatic carbocycles. The van der Waals surface area contributed by atoms with Gasteiger partial charge >= 0.3 is 0 Å². The molecular formula is C20H28N2. The number of nitrogens with one attached hydrogen (secondary N) is 2. The second-order valence-corrected chi connectivity index (χ2v) is 5.97. The normalized spacial score (nSPS) is 10.8. The summed E-state index contributed by atoms with van der Waals surface area (Å²) in [4.78, 5) is 0. The molecule has 2 nitrogen and oxygen atoms in total. The van der Waals surface area contributed by atoms with E-state index in [4.69, 9.17) is 0 Å². The third kappa shape index (κ3) is 6.42. The molecule has 0 saturated carbocycles. The van der Waals surface area contributed by atoms with Crippen LogP contribution >= 0.6 is 0 Å². The zero-order valence-corrected chi connectivity index (χ0v) is 13.9. The summed E-state index contributed by atoms with van der Waals surface area (Å²) in [5.41, 5.74) is 5.47. The molecule has 0 unspecified atom stereocenters. The predicted octanol–water partition coefficient (Wildman–Crippen LogP) is 3.27. The molecule has 2 rings (SSSR count). The van der Waals surface area contributed by atoms with E-state index in [-0.39, 0.29) is 0 Å². The molecule has 0 amide bonds. The van der Waals surface area contributed by atoms with Gasteiger partial charge in [0.1, 0.15) is 0 Å². The van der Waals surface area contributed by atoms with Crippen LogP contribution in [0.3, 0.4) is 0 Å². The highest BCUT2D eigenvalue weighted by atomic mass is 14.9. The molecule has 2 aromatic carbocycles. The number of rotatable bonds is 9. The van der Waals surface area contributed by atoms with Gasteiger partial charge in [0, 0.05) is 13.1 Å². The van der Waals surface area contributed by atoms with Crippen LogP contribution in [-0.2, 0) is 12.8 Å². The Balaban J connectivity index is 1.47. The monoisotopic (exact) mass is 296 g/mol. The summed E-state index contributed by atoms with van der Waals surface area (Å²) in [6, 6.07) is 17.6. The Labute approximate surface area is 135 Å². The molecular weight excluding hydrogens is 268 g/mol. The zero-order chi connectivity index (χ0) is 15.6. The van der Waals surface area contributed by atoms with E-state index in [0.29, 0.717) is 0 Å². The zero-order valence-electron chi connectivity index (χ0n) is 13.9. The smallest absolute Gasteiger partial charge is 0.00768 e. The van der Waals surface area contributed by atoms with Gasteiger partial charge in [0.15, 0.2) is 0 Å². The van der Waals surface area contributed by atoms with Gasteiger partial charge in [-0.2, -0.15) is 0 Å². The molecule has 0 aromatic heterocycles. The molecule has 0 fully saturated rings. The molecule has 2 aromatic rings. The van der Waals surface area contributed by atoms with Gasteiger partial charge in [0.2, 0.25) is 0 Å². The van der Waals surface area contributed by atoms with Gasteiger partial charge in [-0.25, -0.2) is 0 Å². The predicted molar refractivity (Wildman–Crippen MR) is 95.5 cm³/mol. The summed E-state index contributed by atoms with van der Waals surface area (Å²) in [6.45, 7) is 8.40. The van der Waals surface area contributed by atoms with Gasteiger partial charge in [-0.05, 0) is 50.9 Å². The van der Waals surface area contributed by atoms with Crippen molar-refractivity contribution in [1.82, 2.24) is 10.6 Å². The minimum atomic E-state index is 1.03. The molecule has 0 spiro atoms. The van der Waals surface area contributed by atoms with E-state index >= 15 is 0 Å². The standard InChI is InChI=1S/C20H28N2/c1-17-3-7-19(8-4-17)11-13-21-15-16-22-14-12-20-9-5-18(2)6-10-20/h3-10,21-22H,11-16H2,1-2H3. The van der Waals surface area contributed by atoms with Crippen molar-refractivity contribution in [1.29, 1.82) is 0 Å². The minimum absolute atomic E-state index is 1.03. The Hall–Kier alpha value is -1.64. The summed E-state index contributed by atoms with van der Waals surface area (Å²) in [5, 5.41) is 6.98. The number of hydrogen-bond acceptors (Lipinski definition) is 2. The topological polar surface area (TPSA) is 24.1 Å². The Morgan fingerprint density at radius 3 is 1.27 bits per heavy atom. The van der Waals surface area contributed by atoms with Crippen LogP contribution in [0.2, 0.25) is 0 Å². The fourth-order valence-electron chi connectivity index (χ4n) is 2.40. The Morgan fingerprint density at radius 2 is 0.909 bits per heavy atom. The van der Waals surface area contributed by atoms with Crippen molar-refractivity contribution in [3.05, 3.63) is 70.8 Å². The first-order chi connectivity index (χ1) is 10.7. The largest absolute Gasteiger partial charge is 0.315 e. The van der Waals surface area contributed by atoms with Gasteiger partial charge in [-0.1, -0.05) is 59.7 Å². The first kappa shape index (κ1) is 16.7. The highest BCUT2D eigenvalue weighted by Gasteiger charge is 1.94. The molecule has 2 heteroatoms. The Morgan fingerprint density at radius 1 is 0.545 bits per heavy atom. The van der Waals surface area contributed by atoms with Crippen LogP contribution in [0.5, 0.6) is 0 Å². The molecule has 0 heterocycles. The summed E-state index contributed by atoms with van der Waals surface area (Å²) in [5.74, 6) is 0. The second kappa shape index (κ2) is 9.39. The first-order valence-electron chi connectivity index (χ1n) is 8.26. The summed E-state index contributed by atoms with van der Waals surface area (Å²) in [7, 11) is 0. The van der Waals surface area contributed by atoms with Gasteiger partial charge in [0.25, 0.3) is 0 Å². The lowest BCUT2D eigenvalue weighted by molar-refractivity contribution is 0.611. The Bertz CT molecular complexity index is 477. The van der Waals surface area contributed by atoms with Gasteiger partial charge < -0.3 is 10.6 Å². The van der Waals surface area contributed by atoms with Crippen molar-refractivity contribution in [2.45, 2.75) is 26.7 Å². The average molecular weight is 296 g/mol. The first-order valence-corrected chi connectivity index (χ1v) is 8.26. The molecule has 0 saturated heterocycles. The lowest BCUT2D eigenvalue weighted by Gasteiger charge is -2.07. The van der Waals surface area contributed by atoms with E-state index < -0.39 is 0 Å². The highest BCUT2D eigenvalue weighted by molar-refractivity contribution is 5.22. The lowest BCUT2D eigenvalue weighted by Crippen LogP contribution is -2.29. The fourth-order valence-corrected chi connectivity index (χ4v) is 2.40. The van der Waals surface area contributed by atoms with E-state index in [2.05, 4.69) is 73.0 Å². The highest BCUT2D eigenvalue weighted by Crippen LogP contribution is 2.03. The van der Waals surface area contributed by atoms with E-state index in [1.54, 1.807) is 0 Å². The van der Waals surface area contributed by atoms with E-state index in [9.17, 15) is 0 Å². The average Bonchev–Trinajstić information content (AvgIpc) is 2.53. The Kier molecular flexibility index (Phi) is 7.14. The third-order valence-corrected chi connectivity index (χ3v) is 3.90. The maximum Gasteiger partial charge on any atom is 0.00768 e. The van der Waals surface area contributed by atoms with Gasteiger partial charge in [-0.15, -0.1) is 0 Å². The molecule has 0 atom stereocenters. The van der Waals surface area contributed by atoms with E-state index in [1.165, 1.54) is 22.3 Å². The second-order valence-electron chi connectivity index (χ2n) is 5.97. The van der Waals surface area contributed by atoms with Crippen LogP contribution in [-0.4, -0.2) is 26.2 Å². The summed E-state index contributed by atoms with van der Waals surface area (Å²) in [6.07, 6.45) is 2.20. The van der Waals surface area contributed by atoms with Crippen LogP contribution < -0.4 is 10.6 Å².